The molecule has 6 heteroatoms. The number of ether oxygens (including phenoxy) is 1. The molecule has 1 amide bonds. The van der Waals surface area contributed by atoms with E-state index in [1.54, 1.807) is 0 Å². The largest absolute Gasteiger partial charge is 0.480 e. The fourth-order valence-electron chi connectivity index (χ4n) is 4.40. The van der Waals surface area contributed by atoms with E-state index in [0.29, 0.717) is 6.42 Å². The van der Waals surface area contributed by atoms with Gasteiger partial charge >= 0.3 is 11.9 Å². The molecule has 0 saturated carbocycles. The number of unbranched alkanes of at least 4 members (excludes halogenated alkanes) is 11. The minimum Gasteiger partial charge on any atom is -0.480 e. The number of esters is 1. The zero-order valence-electron chi connectivity index (χ0n) is 21.6. The highest BCUT2D eigenvalue weighted by atomic mass is 16.6. The van der Waals surface area contributed by atoms with Crippen molar-refractivity contribution in [1.82, 2.24) is 5.32 Å². The van der Waals surface area contributed by atoms with Gasteiger partial charge in [-0.05, 0) is 26.7 Å². The maximum Gasteiger partial charge on any atom is 0.318 e. The van der Waals surface area contributed by atoms with Gasteiger partial charge in [-0.3, -0.25) is 14.4 Å². The van der Waals surface area contributed by atoms with Gasteiger partial charge in [-0.25, -0.2) is 0 Å². The maximum atomic E-state index is 12.7. The number of aliphatic carboxylic acids is 1. The number of cyclic esters (lactones) is 1. The van der Waals surface area contributed by atoms with E-state index in [0.717, 1.165) is 44.9 Å². The first-order chi connectivity index (χ1) is 15.7. The van der Waals surface area contributed by atoms with Crippen LogP contribution in [0, 0.1) is 11.3 Å². The summed E-state index contributed by atoms with van der Waals surface area (Å²) >= 11 is 0. The van der Waals surface area contributed by atoms with E-state index < -0.39 is 17.3 Å². The first-order valence-corrected chi connectivity index (χ1v) is 13.5. The predicted octanol–water partition coefficient (Wildman–Crippen LogP) is 6.41. The fourth-order valence-corrected chi connectivity index (χ4v) is 4.40. The highest BCUT2D eigenvalue weighted by Crippen LogP contribution is 2.32. The lowest BCUT2D eigenvalue weighted by Gasteiger charge is -2.38. The van der Waals surface area contributed by atoms with Crippen molar-refractivity contribution in [3.63, 3.8) is 0 Å². The Morgan fingerprint density at radius 3 is 1.94 bits per heavy atom. The Morgan fingerprint density at radius 2 is 1.42 bits per heavy atom. The molecular formula is C27H49NO5. The first-order valence-electron chi connectivity index (χ1n) is 13.5. The Kier molecular flexibility index (Phi) is 14.4. The number of carboxylic acid groups (broad SMARTS) is 1. The van der Waals surface area contributed by atoms with Crippen molar-refractivity contribution in [2.45, 2.75) is 143 Å². The molecule has 1 heterocycles. The quantitative estimate of drug-likeness (QED) is 0.123. The highest BCUT2D eigenvalue weighted by molar-refractivity contribution is 6.01. The van der Waals surface area contributed by atoms with Crippen LogP contribution in [0.4, 0.5) is 0 Å². The van der Waals surface area contributed by atoms with E-state index in [-0.39, 0.29) is 24.0 Å². The summed E-state index contributed by atoms with van der Waals surface area (Å²) in [5.74, 6) is -1.82. The van der Waals surface area contributed by atoms with Crippen LogP contribution in [0.15, 0.2) is 0 Å². The van der Waals surface area contributed by atoms with Gasteiger partial charge < -0.3 is 15.2 Å². The molecular weight excluding hydrogens is 418 g/mol. The van der Waals surface area contributed by atoms with Crippen molar-refractivity contribution < 1.29 is 24.2 Å². The number of carboxylic acids is 1. The molecule has 3 atom stereocenters. The molecule has 0 aromatic carbocycles. The Bertz CT molecular complexity index is 589. The third-order valence-electron chi connectivity index (χ3n) is 7.00. The molecule has 0 radical (unpaired) electrons. The maximum absolute atomic E-state index is 12.7. The third-order valence-corrected chi connectivity index (χ3v) is 7.00. The van der Waals surface area contributed by atoms with Crippen LogP contribution in [0.5, 0.6) is 0 Å². The lowest BCUT2D eigenvalue weighted by molar-refractivity contribution is -0.186. The second-order valence-corrected chi connectivity index (χ2v) is 10.4. The zero-order valence-corrected chi connectivity index (χ0v) is 21.6. The Hall–Kier alpha value is -1.59. The first kappa shape index (κ1) is 29.4. The molecule has 6 nitrogen and oxygen atoms in total. The summed E-state index contributed by atoms with van der Waals surface area (Å²) < 4.78 is 5.44. The van der Waals surface area contributed by atoms with Crippen molar-refractivity contribution in [2.24, 2.45) is 11.3 Å². The van der Waals surface area contributed by atoms with E-state index in [2.05, 4.69) is 19.2 Å². The molecule has 0 spiro atoms. The normalized spacial score (nSPS) is 19.0. The highest BCUT2D eigenvalue weighted by Gasteiger charge is 2.44. The van der Waals surface area contributed by atoms with Gasteiger partial charge in [0, 0.05) is 12.5 Å². The van der Waals surface area contributed by atoms with Crippen molar-refractivity contribution in [3.05, 3.63) is 0 Å². The number of carbonyl (C=O) groups is 3. The predicted molar refractivity (Wildman–Crippen MR) is 132 cm³/mol. The van der Waals surface area contributed by atoms with Crippen LogP contribution in [0.25, 0.3) is 0 Å². The van der Waals surface area contributed by atoms with Crippen LogP contribution in [0.1, 0.15) is 130 Å². The second-order valence-electron chi connectivity index (χ2n) is 10.4. The van der Waals surface area contributed by atoms with E-state index in [1.807, 2.05) is 0 Å². The van der Waals surface area contributed by atoms with Gasteiger partial charge in [-0.1, -0.05) is 97.3 Å². The van der Waals surface area contributed by atoms with Gasteiger partial charge in [0.25, 0.3) is 0 Å². The summed E-state index contributed by atoms with van der Waals surface area (Å²) in [7, 11) is 0. The Morgan fingerprint density at radius 1 is 0.909 bits per heavy atom. The molecule has 1 fully saturated rings. The monoisotopic (exact) mass is 467 g/mol. The zero-order chi connectivity index (χ0) is 24.7. The molecule has 0 bridgehead atoms. The minimum atomic E-state index is -1.48. The van der Waals surface area contributed by atoms with Gasteiger partial charge in [-0.2, -0.15) is 0 Å². The van der Waals surface area contributed by atoms with E-state index in [9.17, 15) is 19.5 Å². The van der Waals surface area contributed by atoms with Crippen molar-refractivity contribution in [1.29, 1.82) is 0 Å². The average molecular weight is 468 g/mol. The number of hydrogen-bond donors (Lipinski definition) is 2. The molecule has 1 aliphatic rings. The lowest BCUT2D eigenvalue weighted by atomic mass is 9.85. The molecule has 1 aliphatic heterocycles. The SMILES string of the molecule is CCCCCCCCCCC[C@@H](C[C@@H]1OC(=O)[C@H]1CCCCCC)NC(=O)C(C)(C)C(=O)O. The van der Waals surface area contributed by atoms with Gasteiger partial charge in [0.2, 0.25) is 5.91 Å². The molecule has 0 aromatic rings. The standard InChI is InChI=1S/C27H49NO5/c1-5-7-9-11-12-13-14-15-16-18-21(28-25(30)27(3,4)26(31)32)20-23-22(24(29)33-23)19-17-10-8-6-2/h21-23H,5-20H2,1-4H3,(H,28,30)(H,31,32)/t21-,22-,23-/m0/s1. The van der Waals surface area contributed by atoms with E-state index in [4.69, 9.17) is 4.74 Å². The molecule has 0 unspecified atom stereocenters. The number of hydrogen-bond acceptors (Lipinski definition) is 4. The van der Waals surface area contributed by atoms with Crippen molar-refractivity contribution in [3.8, 4) is 0 Å². The average Bonchev–Trinajstić information content (AvgIpc) is 2.77. The van der Waals surface area contributed by atoms with Crippen LogP contribution in [0.2, 0.25) is 0 Å². The van der Waals surface area contributed by atoms with Gasteiger partial charge in [0.15, 0.2) is 0 Å². The number of nitrogens with one attached hydrogen (secondary N) is 1. The van der Waals surface area contributed by atoms with Crippen molar-refractivity contribution in [2.75, 3.05) is 0 Å². The molecule has 1 rings (SSSR count). The van der Waals surface area contributed by atoms with Crippen LogP contribution in [-0.2, 0) is 19.1 Å². The van der Waals surface area contributed by atoms with Crippen LogP contribution in [0.3, 0.4) is 0 Å². The Balaban J connectivity index is 2.53. The molecule has 33 heavy (non-hydrogen) atoms. The minimum absolute atomic E-state index is 0.0862. The fraction of sp³-hybridized carbons (Fsp3) is 0.889. The van der Waals surface area contributed by atoms with Crippen molar-refractivity contribution >= 4 is 17.8 Å². The summed E-state index contributed by atoms with van der Waals surface area (Å²) in [5.41, 5.74) is -1.48. The van der Waals surface area contributed by atoms with Crippen LogP contribution < -0.4 is 5.32 Å². The third kappa shape index (κ3) is 10.9. The van der Waals surface area contributed by atoms with Crippen LogP contribution >= 0.6 is 0 Å². The lowest BCUT2D eigenvalue weighted by Crippen LogP contribution is -2.52. The van der Waals surface area contributed by atoms with E-state index in [1.165, 1.54) is 65.2 Å². The molecule has 192 valence electrons. The summed E-state index contributed by atoms with van der Waals surface area (Å²) in [6.07, 6.45) is 17.5. The number of rotatable bonds is 20. The summed E-state index contributed by atoms with van der Waals surface area (Å²) in [6.45, 7) is 7.26. The van der Waals surface area contributed by atoms with E-state index >= 15 is 0 Å². The van der Waals surface area contributed by atoms with Gasteiger partial charge in [0.05, 0.1) is 5.92 Å². The second kappa shape index (κ2) is 16.1. The molecule has 2 N–H and O–H groups in total. The number of amides is 1. The summed E-state index contributed by atoms with van der Waals surface area (Å²) in [5, 5.41) is 12.4. The summed E-state index contributed by atoms with van der Waals surface area (Å²) in [6, 6.07) is -0.170. The molecule has 0 aromatic heterocycles. The molecule has 0 aliphatic carbocycles. The van der Waals surface area contributed by atoms with Crippen LogP contribution in [-0.4, -0.2) is 35.1 Å². The summed E-state index contributed by atoms with van der Waals surface area (Å²) in [4.78, 5) is 36.1. The molecule has 1 saturated heterocycles. The van der Waals surface area contributed by atoms with Gasteiger partial charge in [0.1, 0.15) is 11.5 Å². The number of carbonyl (C=O) groups excluding carboxylic acids is 2. The Labute approximate surface area is 201 Å². The van der Waals surface area contributed by atoms with Gasteiger partial charge in [-0.15, -0.1) is 0 Å². The topological polar surface area (TPSA) is 92.7 Å². The smallest absolute Gasteiger partial charge is 0.318 e.